The monoisotopic (exact) mass is 243 g/mol. The summed E-state index contributed by atoms with van der Waals surface area (Å²) in [6.07, 6.45) is 1.58. The molecule has 4 atom stereocenters. The molecule has 3 nitrogen and oxygen atoms in total. The fourth-order valence-electron chi connectivity index (χ4n) is 2.11. The van der Waals surface area contributed by atoms with Crippen molar-refractivity contribution in [2.45, 2.75) is 59.3 Å². The van der Waals surface area contributed by atoms with E-state index in [1.807, 2.05) is 6.92 Å². The Labute approximate surface area is 106 Å². The van der Waals surface area contributed by atoms with Crippen molar-refractivity contribution in [3.8, 4) is 0 Å². The molecule has 1 fully saturated rings. The smallest absolute Gasteiger partial charge is 0.0986 e. The fraction of sp³-hybridized carbons (Fsp3) is 1.00. The third-order valence-corrected chi connectivity index (χ3v) is 4.07. The fourth-order valence-corrected chi connectivity index (χ4v) is 2.11. The van der Waals surface area contributed by atoms with Crippen molar-refractivity contribution < 1.29 is 9.47 Å². The highest BCUT2D eigenvalue weighted by Gasteiger charge is 2.42. The van der Waals surface area contributed by atoms with Crippen LogP contribution in [0, 0.1) is 11.3 Å². The van der Waals surface area contributed by atoms with Gasteiger partial charge in [-0.1, -0.05) is 27.7 Å². The number of ether oxygens (including phenoxy) is 2. The van der Waals surface area contributed by atoms with Gasteiger partial charge >= 0.3 is 0 Å². The van der Waals surface area contributed by atoms with Crippen LogP contribution in [0.2, 0.25) is 0 Å². The molecule has 0 radical (unpaired) electrons. The summed E-state index contributed by atoms with van der Waals surface area (Å²) in [5.74, 6) is 0.658. The molecule has 0 aromatic carbocycles. The molecule has 1 saturated carbocycles. The van der Waals surface area contributed by atoms with Gasteiger partial charge in [-0.2, -0.15) is 0 Å². The zero-order valence-electron chi connectivity index (χ0n) is 12.2. The van der Waals surface area contributed by atoms with E-state index in [-0.39, 0.29) is 12.2 Å². The third kappa shape index (κ3) is 3.94. The molecule has 0 spiro atoms. The van der Waals surface area contributed by atoms with Gasteiger partial charge in [-0.05, 0) is 31.2 Å². The van der Waals surface area contributed by atoms with Gasteiger partial charge < -0.3 is 14.8 Å². The predicted octanol–water partition coefficient (Wildman–Crippen LogP) is 2.45. The predicted molar refractivity (Wildman–Crippen MR) is 71.2 cm³/mol. The van der Waals surface area contributed by atoms with E-state index in [4.69, 9.17) is 9.47 Å². The first-order valence-corrected chi connectivity index (χ1v) is 6.78. The first-order valence-electron chi connectivity index (χ1n) is 6.78. The van der Waals surface area contributed by atoms with Crippen LogP contribution in [-0.2, 0) is 9.47 Å². The first-order chi connectivity index (χ1) is 7.90. The molecule has 0 amide bonds. The van der Waals surface area contributed by atoms with E-state index in [1.165, 1.54) is 0 Å². The van der Waals surface area contributed by atoms with Gasteiger partial charge in [-0.25, -0.2) is 0 Å². The quantitative estimate of drug-likeness (QED) is 0.777. The molecular formula is C14H29NO2. The topological polar surface area (TPSA) is 30.5 Å². The largest absolute Gasteiger partial charge is 0.377 e. The minimum Gasteiger partial charge on any atom is -0.377 e. The Morgan fingerprint density at radius 1 is 1.35 bits per heavy atom. The van der Waals surface area contributed by atoms with Crippen molar-refractivity contribution in [2.24, 2.45) is 11.3 Å². The highest BCUT2D eigenvalue weighted by molar-refractivity contribution is 4.97. The van der Waals surface area contributed by atoms with Crippen LogP contribution in [0.1, 0.15) is 41.0 Å². The van der Waals surface area contributed by atoms with Gasteiger partial charge in [0.2, 0.25) is 0 Å². The Hall–Kier alpha value is -0.120. The van der Waals surface area contributed by atoms with E-state index in [0.717, 1.165) is 19.6 Å². The van der Waals surface area contributed by atoms with Gasteiger partial charge in [0.05, 0.1) is 12.2 Å². The first kappa shape index (κ1) is 14.9. The van der Waals surface area contributed by atoms with Crippen LogP contribution in [0.4, 0.5) is 0 Å². The summed E-state index contributed by atoms with van der Waals surface area (Å²) in [5.41, 5.74) is 0.360. The second kappa shape index (κ2) is 6.17. The van der Waals surface area contributed by atoms with E-state index >= 15 is 0 Å². The lowest BCUT2D eigenvalue weighted by molar-refractivity contribution is -0.132. The van der Waals surface area contributed by atoms with Crippen LogP contribution in [0.3, 0.4) is 0 Å². The van der Waals surface area contributed by atoms with Crippen LogP contribution in [-0.4, -0.2) is 38.5 Å². The molecule has 0 heterocycles. The molecule has 4 unspecified atom stereocenters. The van der Waals surface area contributed by atoms with Crippen molar-refractivity contribution in [3.05, 3.63) is 0 Å². The molecule has 1 aliphatic rings. The highest BCUT2D eigenvalue weighted by Crippen LogP contribution is 2.29. The molecule has 1 rings (SSSR count). The maximum atomic E-state index is 5.62. The highest BCUT2D eigenvalue weighted by atomic mass is 16.5. The molecule has 0 aromatic heterocycles. The molecule has 0 aliphatic heterocycles. The molecule has 0 saturated heterocycles. The van der Waals surface area contributed by atoms with Gasteiger partial charge in [0.15, 0.2) is 0 Å². The van der Waals surface area contributed by atoms with Crippen molar-refractivity contribution in [1.82, 2.24) is 5.32 Å². The van der Waals surface area contributed by atoms with Crippen molar-refractivity contribution >= 4 is 0 Å². The number of rotatable bonds is 6. The molecule has 0 aromatic rings. The zero-order valence-corrected chi connectivity index (χ0v) is 12.2. The van der Waals surface area contributed by atoms with Gasteiger partial charge in [-0.3, -0.25) is 0 Å². The molecule has 0 bridgehead atoms. The number of hydrogen-bond donors (Lipinski definition) is 1. The molecule has 17 heavy (non-hydrogen) atoms. The van der Waals surface area contributed by atoms with E-state index in [0.29, 0.717) is 17.4 Å². The second-order valence-electron chi connectivity index (χ2n) is 6.21. The maximum absolute atomic E-state index is 5.62. The standard InChI is InChI=1S/C14H29NO2/c1-7-17-12-8-11(13(12)16-6)15-9-10(2)14(3,4)5/h10-13,15H,7-9H2,1-6H3. The SMILES string of the molecule is CCOC1CC(NCC(C)C(C)(C)C)C1OC. The average molecular weight is 243 g/mol. The molecule has 1 N–H and O–H groups in total. The maximum Gasteiger partial charge on any atom is 0.0986 e. The lowest BCUT2D eigenvalue weighted by Crippen LogP contribution is -2.60. The van der Waals surface area contributed by atoms with Crippen LogP contribution < -0.4 is 5.32 Å². The van der Waals surface area contributed by atoms with Crippen LogP contribution >= 0.6 is 0 Å². The van der Waals surface area contributed by atoms with Gasteiger partial charge in [0.1, 0.15) is 0 Å². The van der Waals surface area contributed by atoms with E-state index < -0.39 is 0 Å². The summed E-state index contributed by atoms with van der Waals surface area (Å²) in [7, 11) is 1.78. The summed E-state index contributed by atoms with van der Waals surface area (Å²) in [5, 5.41) is 3.61. The van der Waals surface area contributed by atoms with Crippen LogP contribution in [0.15, 0.2) is 0 Å². The average Bonchev–Trinajstić information content (AvgIpc) is 2.20. The Morgan fingerprint density at radius 3 is 2.47 bits per heavy atom. The summed E-state index contributed by atoms with van der Waals surface area (Å²) in [6, 6.07) is 0.460. The number of hydrogen-bond acceptors (Lipinski definition) is 3. The van der Waals surface area contributed by atoms with Gasteiger partial charge in [0.25, 0.3) is 0 Å². The molecule has 1 aliphatic carbocycles. The normalized spacial score (nSPS) is 31.1. The minimum absolute atomic E-state index is 0.224. The van der Waals surface area contributed by atoms with E-state index in [1.54, 1.807) is 7.11 Å². The third-order valence-electron chi connectivity index (χ3n) is 4.07. The Bertz CT molecular complexity index is 225. The lowest BCUT2D eigenvalue weighted by Gasteiger charge is -2.44. The molecule has 102 valence electrons. The van der Waals surface area contributed by atoms with Gasteiger partial charge in [0, 0.05) is 19.8 Å². The lowest BCUT2D eigenvalue weighted by atomic mass is 9.80. The molecule has 3 heteroatoms. The van der Waals surface area contributed by atoms with Crippen molar-refractivity contribution in [2.75, 3.05) is 20.3 Å². The summed E-state index contributed by atoms with van der Waals surface area (Å²) >= 11 is 0. The zero-order chi connectivity index (χ0) is 13.1. The van der Waals surface area contributed by atoms with E-state index in [9.17, 15) is 0 Å². The van der Waals surface area contributed by atoms with Crippen molar-refractivity contribution in [1.29, 1.82) is 0 Å². The number of methoxy groups -OCH3 is 1. The Kier molecular flexibility index (Phi) is 5.42. The Morgan fingerprint density at radius 2 is 2.00 bits per heavy atom. The Balaban J connectivity index is 2.30. The van der Waals surface area contributed by atoms with Gasteiger partial charge in [-0.15, -0.1) is 0 Å². The summed E-state index contributed by atoms with van der Waals surface area (Å²) in [4.78, 5) is 0. The summed E-state index contributed by atoms with van der Waals surface area (Å²) in [6.45, 7) is 13.0. The minimum atomic E-state index is 0.224. The summed E-state index contributed by atoms with van der Waals surface area (Å²) < 4.78 is 11.1. The molecular weight excluding hydrogens is 214 g/mol. The van der Waals surface area contributed by atoms with Crippen LogP contribution in [0.25, 0.3) is 0 Å². The van der Waals surface area contributed by atoms with E-state index in [2.05, 4.69) is 33.0 Å². The second-order valence-corrected chi connectivity index (χ2v) is 6.21. The van der Waals surface area contributed by atoms with Crippen molar-refractivity contribution in [3.63, 3.8) is 0 Å². The number of nitrogens with one attached hydrogen (secondary N) is 1. The van der Waals surface area contributed by atoms with Crippen LogP contribution in [0.5, 0.6) is 0 Å².